The van der Waals surface area contributed by atoms with Crippen molar-refractivity contribution in [3.63, 3.8) is 0 Å². The summed E-state index contributed by atoms with van der Waals surface area (Å²) in [6, 6.07) is 11.4. The number of benzene rings is 2. The fourth-order valence-electron chi connectivity index (χ4n) is 5.49. The van der Waals surface area contributed by atoms with Gasteiger partial charge < -0.3 is 30.2 Å². The summed E-state index contributed by atoms with van der Waals surface area (Å²) in [5.74, 6) is 1.65. The molecule has 2 aliphatic rings. The van der Waals surface area contributed by atoms with E-state index in [0.29, 0.717) is 57.4 Å². The molecule has 1 saturated heterocycles. The molecule has 3 aromatic rings. The van der Waals surface area contributed by atoms with E-state index in [-0.39, 0.29) is 11.9 Å². The number of nitrogens with one attached hydrogen (secondary N) is 3. The van der Waals surface area contributed by atoms with Gasteiger partial charge in [-0.1, -0.05) is 50.1 Å². The van der Waals surface area contributed by atoms with Gasteiger partial charge in [0.1, 0.15) is 30.2 Å². The average Bonchev–Trinajstić information content (AvgIpc) is 2.92. The number of carbonyl (C=O) groups excluding carboxylic acids is 1. The molecule has 1 amide bonds. The molecule has 2 atom stereocenters. The van der Waals surface area contributed by atoms with E-state index < -0.39 is 7.14 Å². The van der Waals surface area contributed by atoms with Gasteiger partial charge in [-0.25, -0.2) is 4.98 Å². The third-order valence-electron chi connectivity index (χ3n) is 7.44. The number of para-hydroxylation sites is 1. The first-order chi connectivity index (χ1) is 19.6. The molecule has 2 aliphatic heterocycles. The summed E-state index contributed by atoms with van der Waals surface area (Å²) in [6.07, 6.45) is 7.28. The molecule has 5 rings (SSSR count). The van der Waals surface area contributed by atoms with Crippen LogP contribution in [0.5, 0.6) is 5.75 Å². The van der Waals surface area contributed by atoms with Gasteiger partial charge in [0, 0.05) is 23.6 Å². The van der Waals surface area contributed by atoms with Crippen molar-refractivity contribution in [2.24, 2.45) is 5.92 Å². The molecule has 216 valence electrons. The fourth-order valence-corrected chi connectivity index (χ4v) is 6.79. The normalized spacial score (nSPS) is 18.6. The second-order valence-corrected chi connectivity index (χ2v) is 14.7. The average molecular weight is 595 g/mol. The van der Waals surface area contributed by atoms with Gasteiger partial charge in [-0.05, 0) is 56.4 Å². The summed E-state index contributed by atoms with van der Waals surface area (Å²) in [7, 11) is -2.55. The van der Waals surface area contributed by atoms with Gasteiger partial charge in [0.15, 0.2) is 5.82 Å². The monoisotopic (exact) mass is 594 g/mol. The molecule has 0 radical (unpaired) electrons. The van der Waals surface area contributed by atoms with Crippen molar-refractivity contribution >= 4 is 64.5 Å². The number of amides is 1. The van der Waals surface area contributed by atoms with Crippen LogP contribution in [0.15, 0.2) is 55.3 Å². The van der Waals surface area contributed by atoms with Crippen LogP contribution in [0.2, 0.25) is 5.02 Å². The van der Waals surface area contributed by atoms with Crippen LogP contribution < -0.4 is 30.9 Å². The topological polar surface area (TPSA) is 108 Å². The Bertz CT molecular complexity index is 1510. The molecule has 0 saturated carbocycles. The largest absolute Gasteiger partial charge is 0.489 e. The quantitative estimate of drug-likeness (QED) is 0.203. The predicted octanol–water partition coefficient (Wildman–Crippen LogP) is 6.77. The van der Waals surface area contributed by atoms with Crippen molar-refractivity contribution in [2.45, 2.75) is 38.6 Å². The number of nitrogens with zero attached hydrogens (tertiary/aromatic N) is 3. The molecular weight excluding hydrogens is 559 g/mol. The van der Waals surface area contributed by atoms with Crippen LogP contribution in [0.4, 0.5) is 34.5 Å². The Hall–Kier alpha value is -3.55. The van der Waals surface area contributed by atoms with Crippen LogP contribution in [0, 0.1) is 5.92 Å². The lowest BCUT2D eigenvalue weighted by atomic mass is 9.91. The lowest BCUT2D eigenvalue weighted by molar-refractivity contribution is -0.111. The van der Waals surface area contributed by atoms with E-state index in [1.165, 1.54) is 25.1 Å². The van der Waals surface area contributed by atoms with Crippen LogP contribution in [-0.4, -0.2) is 48.4 Å². The maximum absolute atomic E-state index is 12.8. The standard InChI is InChI=1S/C30H36ClN6O3P/c1-5-27(38)34-24-15-20(16-25-28(24)37-13-9-8-10-19(2)14-21(37)18-40-25)33-30-32-17-22(31)29(36-30)35-23-11-6-7-12-26(23)41(3,4)39/h5-7,11-12,15-17,19,21H,1,8-10,13-14,18H2,2-4H3,(H,34,38)(H2,32,33,35,36)/t19?,21-/m0/s1. The first kappa shape index (κ1) is 29.0. The third-order valence-corrected chi connectivity index (χ3v) is 9.26. The van der Waals surface area contributed by atoms with Crippen LogP contribution in [0.25, 0.3) is 0 Å². The molecule has 1 unspecified atom stereocenters. The van der Waals surface area contributed by atoms with Crippen LogP contribution >= 0.6 is 18.7 Å². The zero-order chi connectivity index (χ0) is 29.1. The molecule has 0 aliphatic carbocycles. The molecule has 9 nitrogen and oxygen atoms in total. The Morgan fingerprint density at radius 2 is 2.00 bits per heavy atom. The first-order valence-electron chi connectivity index (χ1n) is 13.8. The molecule has 11 heteroatoms. The van der Waals surface area contributed by atoms with Crippen LogP contribution in [0.3, 0.4) is 0 Å². The van der Waals surface area contributed by atoms with Crippen molar-refractivity contribution in [1.29, 1.82) is 0 Å². The van der Waals surface area contributed by atoms with Crippen molar-refractivity contribution in [2.75, 3.05) is 47.3 Å². The van der Waals surface area contributed by atoms with Crippen molar-refractivity contribution in [3.8, 4) is 5.75 Å². The summed E-state index contributed by atoms with van der Waals surface area (Å²) in [5, 5.41) is 10.5. The molecule has 3 heterocycles. The van der Waals surface area contributed by atoms with Crippen molar-refractivity contribution in [3.05, 3.63) is 60.3 Å². The van der Waals surface area contributed by atoms with E-state index in [2.05, 4.69) is 44.3 Å². The van der Waals surface area contributed by atoms with Gasteiger partial charge in [-0.2, -0.15) is 4.98 Å². The van der Waals surface area contributed by atoms with Gasteiger partial charge in [-0.3, -0.25) is 4.79 Å². The molecule has 1 aromatic heterocycles. The van der Waals surface area contributed by atoms with E-state index >= 15 is 0 Å². The van der Waals surface area contributed by atoms with Crippen LogP contribution in [-0.2, 0) is 9.36 Å². The van der Waals surface area contributed by atoms with Gasteiger partial charge in [0.05, 0.1) is 23.6 Å². The number of anilines is 6. The Morgan fingerprint density at radius 1 is 1.20 bits per heavy atom. The number of rotatable bonds is 7. The predicted molar refractivity (Wildman–Crippen MR) is 169 cm³/mol. The van der Waals surface area contributed by atoms with Gasteiger partial charge in [0.2, 0.25) is 11.9 Å². The van der Waals surface area contributed by atoms with Crippen LogP contribution in [0.1, 0.15) is 32.6 Å². The minimum atomic E-state index is -2.55. The lowest BCUT2D eigenvalue weighted by Crippen LogP contribution is -2.45. The Balaban J connectivity index is 1.47. The van der Waals surface area contributed by atoms with Gasteiger partial charge in [-0.15, -0.1) is 0 Å². The summed E-state index contributed by atoms with van der Waals surface area (Å²) in [5.41, 5.74) is 2.83. The second kappa shape index (κ2) is 12.1. The molecule has 3 N–H and O–H groups in total. The maximum atomic E-state index is 12.8. The molecule has 0 bridgehead atoms. The highest BCUT2D eigenvalue weighted by Gasteiger charge is 2.32. The van der Waals surface area contributed by atoms with Gasteiger partial charge >= 0.3 is 0 Å². The lowest BCUT2D eigenvalue weighted by Gasteiger charge is -2.42. The summed E-state index contributed by atoms with van der Waals surface area (Å²) >= 11 is 6.44. The summed E-state index contributed by atoms with van der Waals surface area (Å²) in [4.78, 5) is 23.8. The number of aromatic nitrogens is 2. The summed E-state index contributed by atoms with van der Waals surface area (Å²) in [6.45, 7) is 10.8. The van der Waals surface area contributed by atoms with Gasteiger partial charge in [0.25, 0.3) is 0 Å². The molecule has 0 spiro atoms. The molecule has 41 heavy (non-hydrogen) atoms. The van der Waals surface area contributed by atoms with Crippen molar-refractivity contribution < 1.29 is 14.1 Å². The van der Waals surface area contributed by atoms with E-state index in [4.69, 9.17) is 16.3 Å². The number of halogens is 1. The van der Waals surface area contributed by atoms with Crippen molar-refractivity contribution in [1.82, 2.24) is 9.97 Å². The third kappa shape index (κ3) is 6.68. The zero-order valence-corrected chi connectivity index (χ0v) is 25.3. The Kier molecular flexibility index (Phi) is 8.57. The highest BCUT2D eigenvalue weighted by atomic mass is 35.5. The number of fused-ring (bicyclic) bond motifs is 3. The van der Waals surface area contributed by atoms with E-state index in [9.17, 15) is 9.36 Å². The van der Waals surface area contributed by atoms with E-state index in [1.807, 2.05) is 36.4 Å². The second-order valence-electron chi connectivity index (χ2n) is 11.1. The smallest absolute Gasteiger partial charge is 0.247 e. The Morgan fingerprint density at radius 3 is 2.78 bits per heavy atom. The minimum absolute atomic E-state index is 0.244. The minimum Gasteiger partial charge on any atom is -0.489 e. The molecule has 2 aromatic carbocycles. The number of hydrogen-bond donors (Lipinski definition) is 3. The highest BCUT2D eigenvalue weighted by Crippen LogP contribution is 2.45. The van der Waals surface area contributed by atoms with E-state index in [0.717, 1.165) is 25.1 Å². The number of ether oxygens (including phenoxy) is 1. The number of hydrogen-bond acceptors (Lipinski definition) is 8. The fraction of sp³-hybridized carbons (Fsp3) is 0.367. The van der Waals surface area contributed by atoms with E-state index in [1.54, 1.807) is 13.3 Å². The number of carbonyl (C=O) groups is 1. The Labute approximate surface area is 246 Å². The SMILES string of the molecule is C=CC(=O)Nc1cc(Nc2ncc(Cl)c(Nc3ccccc3P(C)(C)=O)n2)cc2c1N1CCCCC(C)C[C@H]1CO2. The zero-order valence-electron chi connectivity index (χ0n) is 23.6. The molecular formula is C30H36ClN6O3P. The summed E-state index contributed by atoms with van der Waals surface area (Å²) < 4.78 is 19.1. The maximum Gasteiger partial charge on any atom is 0.247 e. The first-order valence-corrected chi connectivity index (χ1v) is 16.8. The molecule has 1 fully saturated rings. The highest BCUT2D eigenvalue weighted by molar-refractivity contribution is 7.70.